The van der Waals surface area contributed by atoms with Crippen LogP contribution in [0.25, 0.3) is 11.3 Å². The van der Waals surface area contributed by atoms with Crippen LogP contribution in [0.2, 0.25) is 0 Å². The smallest absolute Gasteiger partial charge is 0.243 e. The molecule has 2 aromatic carbocycles. The lowest BCUT2D eigenvalue weighted by Crippen LogP contribution is -2.37. The molecule has 0 bridgehead atoms. The van der Waals surface area contributed by atoms with Gasteiger partial charge in [-0.3, -0.25) is 4.79 Å². The van der Waals surface area contributed by atoms with Crippen LogP contribution in [0.3, 0.4) is 0 Å². The lowest BCUT2D eigenvalue weighted by atomic mass is 9.94. The second-order valence-corrected chi connectivity index (χ2v) is 11.9. The molecule has 1 aliphatic carbocycles. The molecule has 0 unspecified atom stereocenters. The van der Waals surface area contributed by atoms with Gasteiger partial charge in [-0.1, -0.05) is 18.2 Å². The van der Waals surface area contributed by atoms with E-state index >= 15 is 0 Å². The zero-order chi connectivity index (χ0) is 27.2. The van der Waals surface area contributed by atoms with Crippen molar-refractivity contribution >= 4 is 21.7 Å². The van der Waals surface area contributed by atoms with Crippen molar-refractivity contribution in [2.24, 2.45) is 0 Å². The topological polar surface area (TPSA) is 127 Å². The first-order valence-electron chi connectivity index (χ1n) is 12.9. The van der Waals surface area contributed by atoms with Gasteiger partial charge >= 0.3 is 0 Å². The van der Waals surface area contributed by atoms with Crippen LogP contribution < -0.4 is 19.5 Å². The zero-order valence-electron chi connectivity index (χ0n) is 21.4. The van der Waals surface area contributed by atoms with Crippen molar-refractivity contribution < 1.29 is 35.4 Å². The first-order chi connectivity index (χ1) is 18.9. The highest BCUT2D eigenvalue weighted by Crippen LogP contribution is 2.53. The summed E-state index contributed by atoms with van der Waals surface area (Å²) in [6.07, 6.45) is 2.75. The average molecular weight is 556 g/mol. The molecule has 3 aliphatic rings. The number of benzene rings is 2. The van der Waals surface area contributed by atoms with E-state index in [-0.39, 0.29) is 33.1 Å². The van der Waals surface area contributed by atoms with E-state index in [2.05, 4.69) is 10.3 Å². The molecule has 1 amide bonds. The number of anilines is 1. The van der Waals surface area contributed by atoms with Gasteiger partial charge < -0.3 is 24.6 Å². The van der Waals surface area contributed by atoms with Gasteiger partial charge in [-0.2, -0.15) is 4.31 Å². The number of nitrogens with zero attached hydrogens (tertiary/aromatic N) is 2. The third-order valence-electron chi connectivity index (χ3n) is 7.68. The number of hydrogen-bond acceptors (Lipinski definition) is 8. The monoisotopic (exact) mass is 555 g/mol. The molecule has 0 radical (unpaired) electrons. The zero-order valence-corrected chi connectivity index (χ0v) is 22.2. The maximum absolute atomic E-state index is 13.4. The standard InChI is InChI=1S/C28H29N3O7S.2H2/c1-36-23-14-19(15-24-26(23)38-17-37-24)28(11-12-28)27(33)30-25-6-2-5-22(29-25)18-7-9-21(10-8-18)39(34,35)31-13-3-4-20(31)16-32;;/h2,5-10,14-15,20,32H,3-4,11-13,16-17H2,1H3,(H,29,30,33);2*1H/t20-;;/m1../s1. The molecule has 3 heterocycles. The van der Waals surface area contributed by atoms with E-state index in [1.54, 1.807) is 49.6 Å². The van der Waals surface area contributed by atoms with Gasteiger partial charge in [0.05, 0.1) is 29.7 Å². The van der Waals surface area contributed by atoms with Gasteiger partial charge in [-0.15, -0.1) is 0 Å². The fourth-order valence-electron chi connectivity index (χ4n) is 5.32. The molecule has 2 fully saturated rings. The van der Waals surface area contributed by atoms with Gasteiger partial charge in [0.15, 0.2) is 11.5 Å². The van der Waals surface area contributed by atoms with Crippen LogP contribution in [-0.2, 0) is 20.2 Å². The Balaban J connectivity index is 0.00000194. The quantitative estimate of drug-likeness (QED) is 0.430. The van der Waals surface area contributed by atoms with Crippen LogP contribution >= 0.6 is 0 Å². The van der Waals surface area contributed by atoms with Crippen molar-refractivity contribution in [3.05, 3.63) is 60.2 Å². The van der Waals surface area contributed by atoms with Crippen LogP contribution in [-0.4, -0.2) is 61.8 Å². The second-order valence-electron chi connectivity index (χ2n) is 9.98. The number of amides is 1. The minimum absolute atomic E-state index is 0. The number of aliphatic hydroxyl groups excluding tert-OH is 1. The van der Waals surface area contributed by atoms with E-state index in [0.29, 0.717) is 60.1 Å². The number of fused-ring (bicyclic) bond motifs is 1. The number of aromatic nitrogens is 1. The molecule has 6 rings (SSSR count). The number of rotatable bonds is 8. The summed E-state index contributed by atoms with van der Waals surface area (Å²) in [5.41, 5.74) is 1.41. The minimum Gasteiger partial charge on any atom is -0.493 e. The van der Waals surface area contributed by atoms with Gasteiger partial charge in [-0.25, -0.2) is 13.4 Å². The fraction of sp³-hybridized carbons (Fsp3) is 0.357. The first kappa shape index (κ1) is 25.6. The molecule has 1 saturated carbocycles. The highest BCUT2D eigenvalue weighted by molar-refractivity contribution is 7.89. The van der Waals surface area contributed by atoms with Crippen molar-refractivity contribution in [2.45, 2.75) is 42.0 Å². The number of pyridine rings is 1. The Bertz CT molecular complexity index is 1530. The lowest BCUT2D eigenvalue weighted by Gasteiger charge is -2.22. The molecule has 1 atom stereocenters. The number of methoxy groups -OCH3 is 1. The van der Waals surface area contributed by atoms with E-state index < -0.39 is 15.4 Å². The number of sulfonamides is 1. The molecule has 1 saturated heterocycles. The van der Waals surface area contributed by atoms with Crippen LogP contribution in [0.4, 0.5) is 5.82 Å². The van der Waals surface area contributed by atoms with Crippen molar-refractivity contribution in [1.29, 1.82) is 0 Å². The SMILES string of the molecule is COc1cc(C2(C(=O)Nc3cccc(-c4ccc(S(=O)(=O)N5CCC[C@@H]5CO)cc4)n3)CC2)cc2c1OCO2.[HH].[HH]. The van der Waals surface area contributed by atoms with Gasteiger partial charge in [0.1, 0.15) is 5.82 Å². The molecule has 2 N–H and O–H groups in total. The first-order valence-corrected chi connectivity index (χ1v) is 14.3. The molecule has 11 heteroatoms. The molecule has 10 nitrogen and oxygen atoms in total. The Morgan fingerprint density at radius 3 is 2.72 bits per heavy atom. The Morgan fingerprint density at radius 2 is 2.00 bits per heavy atom. The van der Waals surface area contributed by atoms with E-state index in [4.69, 9.17) is 14.2 Å². The lowest BCUT2D eigenvalue weighted by molar-refractivity contribution is -0.118. The van der Waals surface area contributed by atoms with E-state index in [1.807, 2.05) is 12.1 Å². The van der Waals surface area contributed by atoms with Gasteiger partial charge in [0.25, 0.3) is 0 Å². The molecule has 1 aromatic heterocycles. The summed E-state index contributed by atoms with van der Waals surface area (Å²) in [4.78, 5) is 18.2. The Hall–Kier alpha value is -3.67. The Labute approximate surface area is 229 Å². The molecular formula is C28H33N3O7S. The Kier molecular flexibility index (Phi) is 6.44. The predicted molar refractivity (Wildman–Crippen MR) is 147 cm³/mol. The average Bonchev–Trinajstić information content (AvgIpc) is 3.38. The highest BCUT2D eigenvalue weighted by atomic mass is 32.2. The third-order valence-corrected chi connectivity index (χ3v) is 9.64. The fourth-order valence-corrected chi connectivity index (χ4v) is 7.00. The number of carbonyl (C=O) groups is 1. The van der Waals surface area contributed by atoms with Crippen LogP contribution in [0.1, 0.15) is 34.1 Å². The molecule has 208 valence electrons. The van der Waals surface area contributed by atoms with Crippen LogP contribution in [0.15, 0.2) is 59.5 Å². The maximum Gasteiger partial charge on any atom is 0.243 e. The number of carbonyl (C=O) groups excluding carboxylic acids is 1. The number of hydrogen-bond donors (Lipinski definition) is 2. The number of ether oxygens (including phenoxy) is 3. The van der Waals surface area contributed by atoms with Crippen molar-refractivity contribution in [2.75, 3.05) is 32.4 Å². The summed E-state index contributed by atoms with van der Waals surface area (Å²) >= 11 is 0. The third kappa shape index (κ3) is 4.50. The summed E-state index contributed by atoms with van der Waals surface area (Å²) in [7, 11) is -2.15. The predicted octanol–water partition coefficient (Wildman–Crippen LogP) is 3.79. The van der Waals surface area contributed by atoms with Crippen molar-refractivity contribution in [3.63, 3.8) is 0 Å². The summed E-state index contributed by atoms with van der Waals surface area (Å²) in [5.74, 6) is 1.86. The summed E-state index contributed by atoms with van der Waals surface area (Å²) in [6, 6.07) is 15.1. The van der Waals surface area contributed by atoms with E-state index in [0.717, 1.165) is 12.0 Å². The largest absolute Gasteiger partial charge is 0.493 e. The summed E-state index contributed by atoms with van der Waals surface area (Å²) in [6.45, 7) is 0.321. The van der Waals surface area contributed by atoms with Gasteiger partial charge in [0, 0.05) is 21.0 Å². The second kappa shape index (κ2) is 9.82. The number of nitrogens with one attached hydrogen (secondary N) is 1. The van der Waals surface area contributed by atoms with Crippen LogP contribution in [0, 0.1) is 0 Å². The molecular weight excluding hydrogens is 522 g/mol. The summed E-state index contributed by atoms with van der Waals surface area (Å²) < 4.78 is 44.0. The highest BCUT2D eigenvalue weighted by Gasteiger charge is 2.52. The van der Waals surface area contributed by atoms with Crippen molar-refractivity contribution in [1.82, 2.24) is 9.29 Å². The molecule has 3 aromatic rings. The van der Waals surface area contributed by atoms with E-state index in [9.17, 15) is 18.3 Å². The summed E-state index contributed by atoms with van der Waals surface area (Å²) in [5, 5.41) is 12.5. The van der Waals surface area contributed by atoms with Gasteiger partial charge in [-0.05, 0) is 67.6 Å². The molecule has 0 spiro atoms. The normalized spacial score (nSPS) is 19.6. The minimum atomic E-state index is -3.70. The Morgan fingerprint density at radius 1 is 1.21 bits per heavy atom. The van der Waals surface area contributed by atoms with Crippen molar-refractivity contribution in [3.8, 4) is 28.5 Å². The molecule has 39 heavy (non-hydrogen) atoms. The van der Waals surface area contributed by atoms with Gasteiger partial charge in [0.2, 0.25) is 28.5 Å². The number of aliphatic hydroxyl groups is 1. The van der Waals surface area contributed by atoms with Crippen LogP contribution in [0.5, 0.6) is 17.2 Å². The molecule has 2 aliphatic heterocycles. The maximum atomic E-state index is 13.4. The van der Waals surface area contributed by atoms with E-state index in [1.165, 1.54) is 4.31 Å².